The van der Waals surface area contributed by atoms with E-state index in [1.165, 1.54) is 0 Å². The second-order valence-electron chi connectivity index (χ2n) is 9.48. The molecular weight excluding hydrogens is 478 g/mol. The molecule has 1 atom stereocenters. The summed E-state index contributed by atoms with van der Waals surface area (Å²) < 4.78 is 2.25. The Morgan fingerprint density at radius 3 is 2.08 bits per heavy atom. The Hall–Kier alpha value is -5.47. The van der Waals surface area contributed by atoms with E-state index >= 15 is 0 Å². The average Bonchev–Trinajstić information content (AvgIpc) is 3.35. The van der Waals surface area contributed by atoms with E-state index < -0.39 is 0 Å². The lowest BCUT2D eigenvalue weighted by molar-refractivity contribution is 0.756. The summed E-state index contributed by atoms with van der Waals surface area (Å²) >= 11 is 0. The zero-order valence-electron chi connectivity index (χ0n) is 21.0. The highest BCUT2D eigenvalue weighted by molar-refractivity contribution is 6.16. The lowest BCUT2D eigenvalue weighted by Gasteiger charge is -2.22. The van der Waals surface area contributed by atoms with Crippen LogP contribution < -0.4 is 5.32 Å². The second-order valence-corrected chi connectivity index (χ2v) is 9.48. The van der Waals surface area contributed by atoms with Gasteiger partial charge in [0.2, 0.25) is 0 Å². The summed E-state index contributed by atoms with van der Waals surface area (Å²) in [5.74, 6) is 1.56. The molecule has 0 saturated heterocycles. The number of rotatable bonds is 4. The molecule has 2 heterocycles. The number of hydrogen-bond donors (Lipinski definition) is 1. The topological polar surface area (TPSA) is 65.5 Å². The minimum atomic E-state index is -0.348. The molecule has 39 heavy (non-hydrogen) atoms. The van der Waals surface area contributed by atoms with Crippen LogP contribution >= 0.6 is 0 Å². The fraction of sp³-hybridized carbons (Fsp3) is 0.0294. The maximum absolute atomic E-state index is 9.49. The normalized spacial score (nSPS) is 14.9. The number of hydrogen-bond acceptors (Lipinski definition) is 4. The minimum absolute atomic E-state index is 0.348. The number of benzene rings is 5. The van der Waals surface area contributed by atoms with Crippen molar-refractivity contribution in [3.05, 3.63) is 150 Å². The SMILES string of the molecule is N#Cc1ccc2c(c1)c1ccccc1n2-c1cccc(C2=NC(c3ccccc3)N=C(c3ccccc3)N2)c1. The molecule has 0 fully saturated rings. The largest absolute Gasteiger partial charge is 0.324 e. The van der Waals surface area contributed by atoms with Gasteiger partial charge in [-0.15, -0.1) is 0 Å². The van der Waals surface area contributed by atoms with Crippen molar-refractivity contribution in [2.24, 2.45) is 9.98 Å². The quantitative estimate of drug-likeness (QED) is 0.279. The van der Waals surface area contributed by atoms with Crippen LogP contribution in [0.3, 0.4) is 0 Å². The van der Waals surface area contributed by atoms with Crippen molar-refractivity contribution in [3.8, 4) is 11.8 Å². The van der Waals surface area contributed by atoms with Gasteiger partial charge in [0.05, 0.1) is 22.7 Å². The van der Waals surface area contributed by atoms with Gasteiger partial charge in [-0.3, -0.25) is 0 Å². The molecule has 0 saturated carbocycles. The molecule has 1 aromatic heterocycles. The molecule has 184 valence electrons. The predicted octanol–water partition coefficient (Wildman–Crippen LogP) is 7.15. The summed E-state index contributed by atoms with van der Waals surface area (Å²) in [7, 11) is 0. The van der Waals surface area contributed by atoms with Gasteiger partial charge in [-0.2, -0.15) is 5.26 Å². The molecule has 5 nitrogen and oxygen atoms in total. The molecule has 7 rings (SSSR count). The van der Waals surface area contributed by atoms with E-state index in [1.54, 1.807) is 0 Å². The molecular formula is C34H23N5. The van der Waals surface area contributed by atoms with Gasteiger partial charge in [-0.25, -0.2) is 9.98 Å². The monoisotopic (exact) mass is 501 g/mol. The van der Waals surface area contributed by atoms with E-state index in [0.29, 0.717) is 5.56 Å². The highest BCUT2D eigenvalue weighted by atomic mass is 15.2. The number of para-hydroxylation sites is 1. The summed E-state index contributed by atoms with van der Waals surface area (Å²) in [6.07, 6.45) is -0.348. The van der Waals surface area contributed by atoms with Crippen molar-refractivity contribution >= 4 is 33.5 Å². The van der Waals surface area contributed by atoms with Crippen LogP contribution in [0.25, 0.3) is 27.5 Å². The summed E-state index contributed by atoms with van der Waals surface area (Å²) in [4.78, 5) is 10.00. The van der Waals surface area contributed by atoms with Crippen LogP contribution in [0.4, 0.5) is 0 Å². The van der Waals surface area contributed by atoms with Crippen LogP contribution in [-0.2, 0) is 0 Å². The maximum Gasteiger partial charge on any atom is 0.169 e. The Labute approximate surface area is 226 Å². The smallest absolute Gasteiger partial charge is 0.169 e. The first-order chi connectivity index (χ1) is 19.3. The predicted molar refractivity (Wildman–Crippen MR) is 157 cm³/mol. The molecule has 5 heteroatoms. The summed E-state index contributed by atoms with van der Waals surface area (Å²) in [5, 5.41) is 15.2. The Bertz CT molecular complexity index is 1940. The molecule has 6 aromatic rings. The first-order valence-electron chi connectivity index (χ1n) is 12.9. The van der Waals surface area contributed by atoms with Crippen LogP contribution in [0.1, 0.15) is 28.4 Å². The maximum atomic E-state index is 9.49. The van der Waals surface area contributed by atoms with Crippen LogP contribution in [0.15, 0.2) is 137 Å². The lowest BCUT2D eigenvalue weighted by Crippen LogP contribution is -2.36. The van der Waals surface area contributed by atoms with Crippen molar-refractivity contribution in [3.63, 3.8) is 0 Å². The molecule has 5 aromatic carbocycles. The fourth-order valence-electron chi connectivity index (χ4n) is 5.23. The highest BCUT2D eigenvalue weighted by Crippen LogP contribution is 2.33. The Kier molecular flexibility index (Phi) is 5.50. The summed E-state index contributed by atoms with van der Waals surface area (Å²) in [6.45, 7) is 0. The molecule has 0 spiro atoms. The zero-order valence-corrected chi connectivity index (χ0v) is 21.0. The zero-order chi connectivity index (χ0) is 26.2. The Morgan fingerprint density at radius 1 is 0.615 bits per heavy atom. The number of fused-ring (bicyclic) bond motifs is 3. The third-order valence-corrected chi connectivity index (χ3v) is 7.06. The third kappa shape index (κ3) is 4.05. The van der Waals surface area contributed by atoms with Gasteiger partial charge in [0, 0.05) is 27.6 Å². The van der Waals surface area contributed by atoms with Crippen molar-refractivity contribution in [2.45, 2.75) is 6.17 Å². The van der Waals surface area contributed by atoms with Gasteiger partial charge >= 0.3 is 0 Å². The van der Waals surface area contributed by atoms with E-state index in [0.717, 1.165) is 55.9 Å². The highest BCUT2D eigenvalue weighted by Gasteiger charge is 2.21. The molecule has 1 aliphatic heterocycles. The lowest BCUT2D eigenvalue weighted by atomic mass is 10.1. The van der Waals surface area contributed by atoms with Crippen molar-refractivity contribution in [1.82, 2.24) is 9.88 Å². The van der Waals surface area contributed by atoms with E-state index in [2.05, 4.69) is 76.6 Å². The van der Waals surface area contributed by atoms with Gasteiger partial charge < -0.3 is 9.88 Å². The number of nitriles is 1. The molecule has 1 aliphatic rings. The third-order valence-electron chi connectivity index (χ3n) is 7.06. The number of nitrogens with one attached hydrogen (secondary N) is 1. The van der Waals surface area contributed by atoms with E-state index in [-0.39, 0.29) is 6.17 Å². The Morgan fingerprint density at radius 2 is 1.28 bits per heavy atom. The number of nitrogens with zero attached hydrogens (tertiary/aromatic N) is 4. The number of aromatic nitrogens is 1. The number of aliphatic imine (C=N–C) groups is 2. The molecule has 0 radical (unpaired) electrons. The molecule has 0 bridgehead atoms. The minimum Gasteiger partial charge on any atom is -0.324 e. The van der Waals surface area contributed by atoms with Gasteiger partial charge in [0.1, 0.15) is 11.7 Å². The van der Waals surface area contributed by atoms with Gasteiger partial charge in [0.15, 0.2) is 6.17 Å². The summed E-state index contributed by atoms with van der Waals surface area (Å²) in [6, 6.07) is 45.2. The van der Waals surface area contributed by atoms with Crippen LogP contribution in [-0.4, -0.2) is 16.2 Å². The first-order valence-corrected chi connectivity index (χ1v) is 12.9. The van der Waals surface area contributed by atoms with Gasteiger partial charge in [-0.05, 0) is 42.0 Å². The van der Waals surface area contributed by atoms with Crippen LogP contribution in [0.5, 0.6) is 0 Å². The molecule has 1 N–H and O–H groups in total. The Balaban J connectivity index is 1.37. The van der Waals surface area contributed by atoms with E-state index in [1.807, 2.05) is 66.7 Å². The second kappa shape index (κ2) is 9.44. The molecule has 1 unspecified atom stereocenters. The van der Waals surface area contributed by atoms with Crippen molar-refractivity contribution in [2.75, 3.05) is 0 Å². The van der Waals surface area contributed by atoms with Crippen molar-refractivity contribution < 1.29 is 0 Å². The van der Waals surface area contributed by atoms with E-state index in [9.17, 15) is 5.26 Å². The first kappa shape index (κ1) is 22.7. The number of amidine groups is 2. The fourth-order valence-corrected chi connectivity index (χ4v) is 5.23. The molecule has 0 aliphatic carbocycles. The molecule has 0 amide bonds. The standard InChI is InChI=1S/C34H23N5/c35-22-23-18-19-31-29(20-23)28-16-7-8-17-30(28)39(31)27-15-9-14-26(21-27)34-37-32(24-10-3-1-4-11-24)36-33(38-34)25-12-5-2-6-13-25/h1-21,32H,(H,36,37,38). The van der Waals surface area contributed by atoms with Crippen LogP contribution in [0.2, 0.25) is 0 Å². The van der Waals surface area contributed by atoms with Crippen molar-refractivity contribution in [1.29, 1.82) is 5.26 Å². The average molecular weight is 502 g/mol. The van der Waals surface area contributed by atoms with Gasteiger partial charge in [0.25, 0.3) is 0 Å². The van der Waals surface area contributed by atoms with E-state index in [4.69, 9.17) is 9.98 Å². The van der Waals surface area contributed by atoms with Crippen LogP contribution in [0, 0.1) is 11.3 Å². The van der Waals surface area contributed by atoms with Gasteiger partial charge in [-0.1, -0.05) is 91.0 Å². The summed E-state index contributed by atoms with van der Waals surface area (Å²) in [5.41, 5.74) is 6.84.